The fourth-order valence-electron chi connectivity index (χ4n) is 4.44. The molecule has 9 heteroatoms. The molecule has 0 saturated heterocycles. The Morgan fingerprint density at radius 2 is 1.79 bits per heavy atom. The first kappa shape index (κ1) is 28.0. The quantitative estimate of drug-likeness (QED) is 0.309. The Hall–Kier alpha value is -3.98. The van der Waals surface area contributed by atoms with E-state index in [0.717, 1.165) is 11.1 Å². The van der Waals surface area contributed by atoms with Crippen molar-refractivity contribution < 1.29 is 23.8 Å². The van der Waals surface area contributed by atoms with Gasteiger partial charge in [-0.25, -0.2) is 9.79 Å². The number of thiazole rings is 1. The molecular formula is C30H32N2O6S. The number of carbonyl (C=O) groups excluding carboxylic acids is 2. The highest BCUT2D eigenvalue weighted by molar-refractivity contribution is 7.07. The van der Waals surface area contributed by atoms with Gasteiger partial charge >= 0.3 is 11.9 Å². The number of hydrogen-bond acceptors (Lipinski definition) is 8. The van der Waals surface area contributed by atoms with Crippen LogP contribution in [0.15, 0.2) is 63.5 Å². The van der Waals surface area contributed by atoms with E-state index in [1.54, 1.807) is 42.7 Å². The van der Waals surface area contributed by atoms with Crippen molar-refractivity contribution in [2.24, 2.45) is 4.99 Å². The van der Waals surface area contributed by atoms with Gasteiger partial charge in [-0.05, 0) is 61.6 Å². The maximum Gasteiger partial charge on any atom is 0.338 e. The van der Waals surface area contributed by atoms with E-state index in [1.165, 1.54) is 18.3 Å². The molecule has 0 fully saturated rings. The number of rotatable bonds is 8. The lowest BCUT2D eigenvalue weighted by Crippen LogP contribution is -2.39. The summed E-state index contributed by atoms with van der Waals surface area (Å²) in [6.45, 7) is 11.5. The topological polar surface area (TPSA) is 96.2 Å². The van der Waals surface area contributed by atoms with E-state index in [0.29, 0.717) is 50.2 Å². The van der Waals surface area contributed by atoms with Gasteiger partial charge in [0.05, 0.1) is 35.1 Å². The highest BCUT2D eigenvalue weighted by atomic mass is 32.1. The third kappa shape index (κ3) is 5.88. The molecule has 0 bridgehead atoms. The van der Waals surface area contributed by atoms with Gasteiger partial charge in [0, 0.05) is 6.92 Å². The van der Waals surface area contributed by atoms with Gasteiger partial charge in [0.2, 0.25) is 0 Å². The molecular weight excluding hydrogens is 516 g/mol. The first-order chi connectivity index (χ1) is 18.6. The molecule has 1 atom stereocenters. The molecule has 1 aliphatic rings. The third-order valence-electron chi connectivity index (χ3n) is 6.25. The fraction of sp³-hybridized carbons (Fsp3) is 0.333. The zero-order chi connectivity index (χ0) is 28.3. The molecule has 0 saturated carbocycles. The summed E-state index contributed by atoms with van der Waals surface area (Å²) in [5, 5.41) is 0. The van der Waals surface area contributed by atoms with Crippen molar-refractivity contribution in [2.75, 3.05) is 13.2 Å². The lowest BCUT2D eigenvalue weighted by atomic mass is 9.93. The summed E-state index contributed by atoms with van der Waals surface area (Å²) in [6.07, 6.45) is 1.74. The summed E-state index contributed by atoms with van der Waals surface area (Å²) < 4.78 is 18.3. The summed E-state index contributed by atoms with van der Waals surface area (Å²) in [4.78, 5) is 43.5. The Bertz CT molecular complexity index is 1610. The predicted octanol–water partition coefficient (Wildman–Crippen LogP) is 4.25. The SMILES string of the molecule is CCOC(=O)C1=C(C)N=c2s/c(=C\c3ccc(OC(C)=O)c(OCC)c3)c(=O)n2[C@@H]1c1ccc(C(C)C)cc1. The van der Waals surface area contributed by atoms with Crippen molar-refractivity contribution in [3.05, 3.63) is 90.1 Å². The second kappa shape index (κ2) is 11.8. The minimum Gasteiger partial charge on any atom is -0.490 e. The van der Waals surface area contributed by atoms with Gasteiger partial charge in [-0.1, -0.05) is 55.5 Å². The van der Waals surface area contributed by atoms with Gasteiger partial charge in [0.1, 0.15) is 0 Å². The Kier molecular flexibility index (Phi) is 8.50. The van der Waals surface area contributed by atoms with Crippen LogP contribution in [0.5, 0.6) is 11.5 Å². The Balaban J connectivity index is 1.88. The molecule has 0 amide bonds. The van der Waals surface area contributed by atoms with E-state index in [9.17, 15) is 14.4 Å². The van der Waals surface area contributed by atoms with Crippen molar-refractivity contribution in [2.45, 2.75) is 53.5 Å². The Labute approximate surface area is 230 Å². The molecule has 204 valence electrons. The largest absolute Gasteiger partial charge is 0.490 e. The zero-order valence-electron chi connectivity index (χ0n) is 22.9. The van der Waals surface area contributed by atoms with Crippen molar-refractivity contribution in [3.63, 3.8) is 0 Å². The summed E-state index contributed by atoms with van der Waals surface area (Å²) in [7, 11) is 0. The van der Waals surface area contributed by atoms with Crippen LogP contribution in [-0.4, -0.2) is 29.7 Å². The van der Waals surface area contributed by atoms with Crippen LogP contribution < -0.4 is 24.4 Å². The van der Waals surface area contributed by atoms with Crippen LogP contribution in [0.1, 0.15) is 70.2 Å². The average Bonchev–Trinajstić information content (AvgIpc) is 3.19. The molecule has 8 nitrogen and oxygen atoms in total. The number of aromatic nitrogens is 1. The van der Waals surface area contributed by atoms with E-state index < -0.39 is 18.0 Å². The molecule has 39 heavy (non-hydrogen) atoms. The minimum atomic E-state index is -0.672. The minimum absolute atomic E-state index is 0.213. The van der Waals surface area contributed by atoms with Gasteiger partial charge in [-0.3, -0.25) is 14.2 Å². The van der Waals surface area contributed by atoms with Crippen molar-refractivity contribution >= 4 is 29.4 Å². The number of carbonyl (C=O) groups is 2. The second-order valence-corrected chi connectivity index (χ2v) is 10.4. The van der Waals surface area contributed by atoms with Crippen LogP contribution in [0, 0.1) is 0 Å². The van der Waals surface area contributed by atoms with Gasteiger partial charge < -0.3 is 14.2 Å². The third-order valence-corrected chi connectivity index (χ3v) is 7.24. The number of allylic oxidation sites excluding steroid dienone is 1. The van der Waals surface area contributed by atoms with Crippen LogP contribution in [-0.2, 0) is 14.3 Å². The van der Waals surface area contributed by atoms with Gasteiger partial charge in [0.15, 0.2) is 16.3 Å². The number of benzene rings is 2. The van der Waals surface area contributed by atoms with Crippen molar-refractivity contribution in [1.82, 2.24) is 4.57 Å². The smallest absolute Gasteiger partial charge is 0.338 e. The van der Waals surface area contributed by atoms with Crippen LogP contribution >= 0.6 is 11.3 Å². The summed E-state index contributed by atoms with van der Waals surface area (Å²) in [5.41, 5.74) is 3.24. The van der Waals surface area contributed by atoms with Gasteiger partial charge in [0.25, 0.3) is 5.56 Å². The van der Waals surface area contributed by atoms with Gasteiger partial charge in [-0.15, -0.1) is 0 Å². The fourth-order valence-corrected chi connectivity index (χ4v) is 5.49. The maximum absolute atomic E-state index is 13.8. The first-order valence-electron chi connectivity index (χ1n) is 12.9. The van der Waals surface area contributed by atoms with Crippen LogP contribution in [0.2, 0.25) is 0 Å². The Morgan fingerprint density at radius 3 is 2.41 bits per heavy atom. The molecule has 0 radical (unpaired) electrons. The lowest BCUT2D eigenvalue weighted by Gasteiger charge is -2.25. The molecule has 2 heterocycles. The average molecular weight is 549 g/mol. The molecule has 0 aliphatic carbocycles. The molecule has 1 aliphatic heterocycles. The van der Waals surface area contributed by atoms with Crippen LogP contribution in [0.3, 0.4) is 0 Å². The Morgan fingerprint density at radius 1 is 1.08 bits per heavy atom. The highest BCUT2D eigenvalue weighted by Crippen LogP contribution is 2.32. The molecule has 2 aromatic carbocycles. The number of nitrogens with zero attached hydrogens (tertiary/aromatic N) is 2. The monoisotopic (exact) mass is 548 g/mol. The standard InChI is InChI=1S/C30H32N2O6S/c1-7-36-24-15-20(9-14-23(24)38-19(6)33)16-25-28(34)32-27(22-12-10-21(11-13-22)17(3)4)26(29(35)37-8-2)18(5)31-30(32)39-25/h9-17,27H,7-8H2,1-6H3/b25-16-/t27-/m1/s1. The number of ether oxygens (including phenoxy) is 3. The lowest BCUT2D eigenvalue weighted by molar-refractivity contribution is -0.139. The number of hydrogen-bond donors (Lipinski definition) is 0. The van der Waals surface area contributed by atoms with E-state index in [1.807, 2.05) is 31.2 Å². The summed E-state index contributed by atoms with van der Waals surface area (Å²) in [5.74, 6) is 0.108. The first-order valence-corrected chi connectivity index (χ1v) is 13.7. The van der Waals surface area contributed by atoms with E-state index in [4.69, 9.17) is 14.2 Å². The van der Waals surface area contributed by atoms with Crippen LogP contribution in [0.25, 0.3) is 6.08 Å². The molecule has 3 aromatic rings. The highest BCUT2D eigenvalue weighted by Gasteiger charge is 2.33. The second-order valence-electron chi connectivity index (χ2n) is 9.36. The summed E-state index contributed by atoms with van der Waals surface area (Å²) in [6, 6.07) is 12.4. The van der Waals surface area contributed by atoms with E-state index >= 15 is 0 Å². The van der Waals surface area contributed by atoms with Gasteiger partial charge in [-0.2, -0.15) is 0 Å². The van der Waals surface area contributed by atoms with Crippen LogP contribution in [0.4, 0.5) is 0 Å². The molecule has 1 aromatic heterocycles. The van der Waals surface area contributed by atoms with Crippen molar-refractivity contribution in [3.8, 4) is 11.5 Å². The molecule has 4 rings (SSSR count). The van der Waals surface area contributed by atoms with E-state index in [-0.39, 0.29) is 12.2 Å². The number of esters is 2. The molecule has 0 N–H and O–H groups in total. The number of fused-ring (bicyclic) bond motifs is 1. The molecule has 0 unspecified atom stereocenters. The van der Waals surface area contributed by atoms with E-state index in [2.05, 4.69) is 18.8 Å². The zero-order valence-corrected chi connectivity index (χ0v) is 23.8. The summed E-state index contributed by atoms with van der Waals surface area (Å²) >= 11 is 1.24. The predicted molar refractivity (Wildman–Crippen MR) is 150 cm³/mol. The maximum atomic E-state index is 13.8. The molecule has 0 spiro atoms. The van der Waals surface area contributed by atoms with Crippen molar-refractivity contribution in [1.29, 1.82) is 0 Å². The normalized spacial score (nSPS) is 15.2.